The highest BCUT2D eigenvalue weighted by Gasteiger charge is 2.20. The first kappa shape index (κ1) is 21.6. The Morgan fingerprint density at radius 3 is 2.81 bits per heavy atom. The second kappa shape index (κ2) is 9.22. The number of hydrogen-bond acceptors (Lipinski definition) is 9. The van der Waals surface area contributed by atoms with E-state index >= 15 is 0 Å². The van der Waals surface area contributed by atoms with Crippen LogP contribution in [-0.4, -0.2) is 45.5 Å². The molecule has 0 bridgehead atoms. The average Bonchev–Trinajstić information content (AvgIpc) is 3.42. The molecule has 0 N–H and O–H groups in total. The van der Waals surface area contributed by atoms with Gasteiger partial charge in [0.25, 0.3) is 5.89 Å². The van der Waals surface area contributed by atoms with E-state index in [9.17, 15) is 13.6 Å². The number of imidazole rings is 1. The van der Waals surface area contributed by atoms with Crippen LogP contribution in [0.1, 0.15) is 16.4 Å². The largest absolute Gasteiger partial charge is 0.493 e. The van der Waals surface area contributed by atoms with Crippen LogP contribution >= 0.6 is 11.8 Å². The maximum absolute atomic E-state index is 12.6. The molecular weight excluding hydrogens is 446 g/mol. The Hall–Kier alpha value is -3.67. The number of nitrogens with zero attached hydrogens (tertiary/aromatic N) is 4. The van der Waals surface area contributed by atoms with Gasteiger partial charge in [-0.15, -0.1) is 0 Å². The van der Waals surface area contributed by atoms with E-state index in [0.717, 1.165) is 0 Å². The van der Waals surface area contributed by atoms with Gasteiger partial charge in [-0.3, -0.25) is 4.40 Å². The topological polar surface area (TPSA) is 101 Å². The van der Waals surface area contributed by atoms with Crippen molar-refractivity contribution in [1.29, 1.82) is 0 Å². The zero-order valence-corrected chi connectivity index (χ0v) is 17.6. The maximum atomic E-state index is 12.6. The third-order valence-corrected chi connectivity index (χ3v) is 4.98. The molecular formula is C20H16F2N4O5S. The van der Waals surface area contributed by atoms with Crippen LogP contribution in [0.3, 0.4) is 0 Å². The van der Waals surface area contributed by atoms with Crippen LogP contribution in [0.25, 0.3) is 16.9 Å². The number of hydrogen-bond donors (Lipinski definition) is 0. The number of aromatic nitrogens is 4. The number of methoxy groups -OCH3 is 1. The first-order valence-corrected chi connectivity index (χ1v) is 10.4. The van der Waals surface area contributed by atoms with E-state index in [0.29, 0.717) is 16.2 Å². The van der Waals surface area contributed by atoms with E-state index in [1.807, 2.05) is 12.3 Å². The molecule has 9 nitrogen and oxygen atoms in total. The molecule has 0 atom stereocenters. The van der Waals surface area contributed by atoms with Crippen molar-refractivity contribution < 1.29 is 32.3 Å². The second-order valence-electron chi connectivity index (χ2n) is 6.23. The fourth-order valence-corrected chi connectivity index (χ4v) is 3.47. The van der Waals surface area contributed by atoms with Crippen LogP contribution in [0.2, 0.25) is 0 Å². The molecule has 0 fully saturated rings. The van der Waals surface area contributed by atoms with Gasteiger partial charge in [-0.2, -0.15) is 13.8 Å². The molecule has 3 heterocycles. The molecule has 0 aliphatic carbocycles. The first-order chi connectivity index (χ1) is 15.5. The highest BCUT2D eigenvalue weighted by molar-refractivity contribution is 7.98. The highest BCUT2D eigenvalue weighted by Crippen LogP contribution is 2.32. The number of fused-ring (bicyclic) bond motifs is 1. The van der Waals surface area contributed by atoms with Gasteiger partial charge in [-0.05, 0) is 36.6 Å². The molecule has 0 saturated heterocycles. The summed E-state index contributed by atoms with van der Waals surface area (Å²) in [6.07, 6.45) is 3.67. The van der Waals surface area contributed by atoms with Crippen LogP contribution in [0.15, 0.2) is 52.3 Å². The summed E-state index contributed by atoms with van der Waals surface area (Å²) in [6.45, 7) is -3.25. The van der Waals surface area contributed by atoms with Crippen LogP contribution in [-0.2, 0) is 11.3 Å². The third-order valence-electron chi connectivity index (χ3n) is 4.32. The number of rotatable bonds is 8. The van der Waals surface area contributed by atoms with Gasteiger partial charge in [0.05, 0.1) is 12.6 Å². The van der Waals surface area contributed by atoms with Crippen molar-refractivity contribution in [2.24, 2.45) is 0 Å². The molecule has 0 spiro atoms. The number of halogens is 2. The summed E-state index contributed by atoms with van der Waals surface area (Å²) in [4.78, 5) is 21.1. The molecule has 0 aliphatic heterocycles. The summed E-state index contributed by atoms with van der Waals surface area (Å²) in [7, 11) is 1.32. The smallest absolute Gasteiger partial charge is 0.387 e. The van der Waals surface area contributed by atoms with Gasteiger partial charge in [0, 0.05) is 11.8 Å². The number of pyridine rings is 1. The number of carbonyl (C=O) groups excluding carboxylic acids is 1. The molecule has 0 aliphatic rings. The lowest BCUT2D eigenvalue weighted by molar-refractivity contribution is -0.0512. The molecule has 4 aromatic rings. The molecule has 0 saturated carbocycles. The molecule has 166 valence electrons. The van der Waals surface area contributed by atoms with Crippen LogP contribution in [0.4, 0.5) is 8.78 Å². The number of ether oxygens (including phenoxy) is 3. The van der Waals surface area contributed by atoms with Crippen molar-refractivity contribution in [3.63, 3.8) is 0 Å². The van der Waals surface area contributed by atoms with Gasteiger partial charge >= 0.3 is 12.6 Å². The lowest BCUT2D eigenvalue weighted by atomic mass is 10.2. The van der Waals surface area contributed by atoms with Crippen molar-refractivity contribution in [2.75, 3.05) is 13.4 Å². The number of alkyl halides is 2. The Kier molecular flexibility index (Phi) is 6.21. The summed E-state index contributed by atoms with van der Waals surface area (Å²) in [5.74, 6) is -0.467. The Balaban J connectivity index is 1.48. The normalized spacial score (nSPS) is 11.2. The Morgan fingerprint density at radius 1 is 1.22 bits per heavy atom. The molecule has 0 amide bonds. The van der Waals surface area contributed by atoms with Gasteiger partial charge < -0.3 is 18.7 Å². The van der Waals surface area contributed by atoms with Crippen LogP contribution in [0, 0.1) is 0 Å². The average molecular weight is 462 g/mol. The quantitative estimate of drug-likeness (QED) is 0.283. The standard InChI is InChI=1S/C20H16F2N4O5S/c1-28-14-9-11(6-7-13(14)30-19(21)22)17-23-15(31-25-17)10-29-18(27)16-12-5-3-4-8-26(12)20(24-16)32-2/h3-9,19H,10H2,1-2H3. The Bertz CT molecular complexity index is 1260. The number of benzene rings is 1. The van der Waals surface area contributed by atoms with E-state index in [2.05, 4.69) is 19.9 Å². The lowest BCUT2D eigenvalue weighted by Gasteiger charge is -2.10. The van der Waals surface area contributed by atoms with Crippen molar-refractivity contribution in [3.8, 4) is 22.9 Å². The van der Waals surface area contributed by atoms with Crippen molar-refractivity contribution in [1.82, 2.24) is 19.5 Å². The fraction of sp³-hybridized carbons (Fsp3) is 0.200. The SMILES string of the molecule is COc1cc(-c2noc(COC(=O)c3nc(SC)n4ccccc34)n2)ccc1OC(F)F. The van der Waals surface area contributed by atoms with Gasteiger partial charge in [0.2, 0.25) is 5.82 Å². The van der Waals surface area contributed by atoms with Crippen molar-refractivity contribution in [3.05, 3.63) is 54.2 Å². The first-order valence-electron chi connectivity index (χ1n) is 9.14. The summed E-state index contributed by atoms with van der Waals surface area (Å²) in [5, 5.41) is 4.48. The summed E-state index contributed by atoms with van der Waals surface area (Å²) < 4.78 is 46.6. The van der Waals surface area contributed by atoms with E-state index in [1.54, 1.807) is 22.7 Å². The van der Waals surface area contributed by atoms with E-state index < -0.39 is 12.6 Å². The molecule has 32 heavy (non-hydrogen) atoms. The Labute approximate surface area is 184 Å². The minimum atomic E-state index is -2.99. The van der Waals surface area contributed by atoms with Crippen LogP contribution < -0.4 is 9.47 Å². The summed E-state index contributed by atoms with van der Waals surface area (Å²) >= 11 is 1.40. The molecule has 12 heteroatoms. The number of esters is 1. The van der Waals surface area contributed by atoms with Gasteiger partial charge in [-0.1, -0.05) is 23.0 Å². The molecule has 4 rings (SSSR count). The maximum Gasteiger partial charge on any atom is 0.387 e. The van der Waals surface area contributed by atoms with Crippen molar-refractivity contribution in [2.45, 2.75) is 18.4 Å². The third kappa shape index (κ3) is 4.35. The zero-order valence-electron chi connectivity index (χ0n) is 16.8. The fourth-order valence-electron chi connectivity index (χ4n) is 2.93. The van der Waals surface area contributed by atoms with Gasteiger partial charge in [0.1, 0.15) is 0 Å². The predicted molar refractivity (Wildman–Crippen MR) is 109 cm³/mol. The number of carbonyl (C=O) groups is 1. The Morgan fingerprint density at radius 2 is 2.06 bits per heavy atom. The molecule has 1 aromatic carbocycles. The van der Waals surface area contributed by atoms with Gasteiger partial charge in [-0.25, -0.2) is 9.78 Å². The van der Waals surface area contributed by atoms with E-state index in [4.69, 9.17) is 14.0 Å². The predicted octanol–water partition coefficient (Wildman–Crippen LogP) is 4.07. The molecule has 0 radical (unpaired) electrons. The van der Waals surface area contributed by atoms with E-state index in [-0.39, 0.29) is 35.5 Å². The summed E-state index contributed by atoms with van der Waals surface area (Å²) in [6, 6.07) is 9.62. The molecule has 0 unspecified atom stereocenters. The number of thioether (sulfide) groups is 1. The minimum Gasteiger partial charge on any atom is -0.493 e. The van der Waals surface area contributed by atoms with Crippen LogP contribution in [0.5, 0.6) is 11.5 Å². The van der Waals surface area contributed by atoms with Crippen molar-refractivity contribution >= 4 is 23.2 Å². The zero-order chi connectivity index (χ0) is 22.7. The minimum absolute atomic E-state index is 0.0498. The monoisotopic (exact) mass is 462 g/mol. The molecule has 3 aromatic heterocycles. The highest BCUT2D eigenvalue weighted by atomic mass is 32.2. The lowest BCUT2D eigenvalue weighted by Crippen LogP contribution is -2.06. The van der Waals surface area contributed by atoms with Gasteiger partial charge in [0.15, 0.2) is 29.0 Å². The summed E-state index contributed by atoms with van der Waals surface area (Å²) in [5.41, 5.74) is 1.23. The second-order valence-corrected chi connectivity index (χ2v) is 7.01. The van der Waals surface area contributed by atoms with E-state index in [1.165, 1.54) is 37.1 Å².